The van der Waals surface area contributed by atoms with Crippen molar-refractivity contribution in [2.24, 2.45) is 5.92 Å². The second-order valence-corrected chi connectivity index (χ2v) is 4.01. The van der Waals surface area contributed by atoms with Gasteiger partial charge in [-0.05, 0) is 12.8 Å². The molecule has 1 aliphatic rings. The fourth-order valence-electron chi connectivity index (χ4n) is 1.74. The summed E-state index contributed by atoms with van der Waals surface area (Å²) in [5.41, 5.74) is 0. The van der Waals surface area contributed by atoms with Gasteiger partial charge in [-0.15, -0.1) is 0 Å². The Kier molecular flexibility index (Phi) is 2.90. The van der Waals surface area contributed by atoms with Crippen LogP contribution in [0.15, 0.2) is 0 Å². The first-order valence-corrected chi connectivity index (χ1v) is 4.64. The smallest absolute Gasteiger partial charge is 0.0788 e. The lowest BCUT2D eigenvalue weighted by atomic mass is 9.96. The van der Waals surface area contributed by atoms with E-state index in [1.807, 2.05) is 0 Å². The van der Waals surface area contributed by atoms with Crippen LogP contribution in [0, 0.1) is 5.92 Å². The lowest BCUT2D eigenvalue weighted by Crippen LogP contribution is -2.49. The van der Waals surface area contributed by atoms with Crippen molar-refractivity contribution in [2.45, 2.75) is 19.8 Å². The molecule has 1 rings (SSSR count). The maximum atomic E-state index is 8.93. The van der Waals surface area contributed by atoms with E-state index in [-0.39, 0.29) is 0 Å². The molecule has 0 radical (unpaired) electrons. The average Bonchev–Trinajstić information content (AvgIpc) is 2.06. The van der Waals surface area contributed by atoms with E-state index in [4.69, 9.17) is 5.11 Å². The molecule has 0 aliphatic carbocycles. The van der Waals surface area contributed by atoms with Gasteiger partial charge in [0.2, 0.25) is 0 Å². The second-order valence-electron chi connectivity index (χ2n) is 4.01. The van der Waals surface area contributed by atoms with Gasteiger partial charge >= 0.3 is 0 Å². The van der Waals surface area contributed by atoms with Crippen LogP contribution in [0.3, 0.4) is 0 Å². The van der Waals surface area contributed by atoms with E-state index in [2.05, 4.69) is 14.0 Å². The summed E-state index contributed by atoms with van der Waals surface area (Å²) in [6.45, 7) is 6.38. The molecule has 1 fully saturated rings. The lowest BCUT2D eigenvalue weighted by molar-refractivity contribution is -0.913. The van der Waals surface area contributed by atoms with Gasteiger partial charge in [0.15, 0.2) is 0 Å². The van der Waals surface area contributed by atoms with Crippen molar-refractivity contribution in [3.8, 4) is 0 Å². The highest BCUT2D eigenvalue weighted by atomic mass is 16.3. The van der Waals surface area contributed by atoms with Crippen LogP contribution in [0.25, 0.3) is 0 Å². The fourth-order valence-corrected chi connectivity index (χ4v) is 1.74. The summed E-state index contributed by atoms with van der Waals surface area (Å²) in [5.74, 6) is 0.591. The summed E-state index contributed by atoms with van der Waals surface area (Å²) >= 11 is 0. The third kappa shape index (κ3) is 2.17. The highest BCUT2D eigenvalue weighted by molar-refractivity contribution is 4.62. The zero-order valence-electron chi connectivity index (χ0n) is 7.71. The van der Waals surface area contributed by atoms with E-state index in [1.54, 1.807) is 0 Å². The molecule has 1 N–H and O–H groups in total. The summed E-state index contributed by atoms with van der Waals surface area (Å²) in [6, 6.07) is 0. The molecular weight excluding hydrogens is 138 g/mol. The monoisotopic (exact) mass is 158 g/mol. The number of likely N-dealkylation sites (tertiary alicyclic amines) is 1. The zero-order chi connectivity index (χ0) is 8.32. The van der Waals surface area contributed by atoms with Crippen molar-refractivity contribution in [3.63, 3.8) is 0 Å². The van der Waals surface area contributed by atoms with Gasteiger partial charge in [0, 0.05) is 19.4 Å². The van der Waals surface area contributed by atoms with Gasteiger partial charge in [0.1, 0.15) is 0 Å². The zero-order valence-corrected chi connectivity index (χ0v) is 7.71. The molecule has 0 aromatic rings. The second kappa shape index (κ2) is 3.55. The summed E-state index contributed by atoms with van der Waals surface area (Å²) in [7, 11) is 2.31. The van der Waals surface area contributed by atoms with Crippen molar-refractivity contribution in [2.75, 3.05) is 33.3 Å². The quantitative estimate of drug-likeness (QED) is 0.591. The standard InChI is InChI=1S/C9H20NO/c1-3-10(2)6-4-9(8-11)5-7-10/h9,11H,3-8H2,1-2H3/q+1. The minimum Gasteiger partial charge on any atom is -0.396 e. The number of piperidine rings is 1. The van der Waals surface area contributed by atoms with Crippen molar-refractivity contribution >= 4 is 0 Å². The number of quaternary nitrogens is 1. The van der Waals surface area contributed by atoms with E-state index in [0.717, 1.165) is 0 Å². The van der Waals surface area contributed by atoms with Crippen LogP contribution < -0.4 is 0 Å². The first-order chi connectivity index (χ1) is 5.20. The maximum absolute atomic E-state index is 8.93. The number of hydrogen-bond donors (Lipinski definition) is 1. The third-order valence-corrected chi connectivity index (χ3v) is 3.18. The number of aliphatic hydroxyl groups excluding tert-OH is 1. The van der Waals surface area contributed by atoms with E-state index >= 15 is 0 Å². The Morgan fingerprint density at radius 2 is 1.91 bits per heavy atom. The molecule has 1 aliphatic heterocycles. The molecule has 2 heteroatoms. The number of aliphatic hydroxyl groups is 1. The van der Waals surface area contributed by atoms with Gasteiger partial charge in [0.25, 0.3) is 0 Å². The lowest BCUT2D eigenvalue weighted by Gasteiger charge is -2.39. The largest absolute Gasteiger partial charge is 0.396 e. The van der Waals surface area contributed by atoms with Crippen LogP contribution in [0.2, 0.25) is 0 Å². The van der Waals surface area contributed by atoms with Crippen LogP contribution in [-0.2, 0) is 0 Å². The van der Waals surface area contributed by atoms with Crippen LogP contribution in [-0.4, -0.2) is 42.9 Å². The minimum absolute atomic E-state index is 0.393. The Bertz CT molecular complexity index is 117. The molecule has 2 nitrogen and oxygen atoms in total. The number of rotatable bonds is 2. The average molecular weight is 158 g/mol. The van der Waals surface area contributed by atoms with Crippen molar-refractivity contribution in [1.82, 2.24) is 0 Å². The molecule has 0 bridgehead atoms. The molecule has 11 heavy (non-hydrogen) atoms. The molecule has 66 valence electrons. The van der Waals surface area contributed by atoms with Gasteiger partial charge in [-0.25, -0.2) is 0 Å². The molecule has 0 unspecified atom stereocenters. The third-order valence-electron chi connectivity index (χ3n) is 3.18. The van der Waals surface area contributed by atoms with Crippen LogP contribution in [0.4, 0.5) is 0 Å². The van der Waals surface area contributed by atoms with E-state index < -0.39 is 0 Å². The molecular formula is C9H20NO+. The molecule has 0 aromatic heterocycles. The SMILES string of the molecule is CC[N+]1(C)CCC(CO)CC1. The molecule has 0 saturated carbocycles. The van der Waals surface area contributed by atoms with E-state index in [1.165, 1.54) is 37.0 Å². The predicted molar refractivity (Wildman–Crippen MR) is 46.3 cm³/mol. The van der Waals surface area contributed by atoms with Crippen molar-refractivity contribution < 1.29 is 9.59 Å². The molecule has 0 aromatic carbocycles. The summed E-state index contributed by atoms with van der Waals surface area (Å²) in [6.07, 6.45) is 2.42. The van der Waals surface area contributed by atoms with E-state index in [9.17, 15) is 0 Å². The number of nitrogens with zero attached hydrogens (tertiary/aromatic N) is 1. The Morgan fingerprint density at radius 1 is 1.36 bits per heavy atom. The summed E-state index contributed by atoms with van der Waals surface area (Å²) < 4.78 is 1.20. The fraction of sp³-hybridized carbons (Fsp3) is 1.00. The van der Waals surface area contributed by atoms with Gasteiger partial charge in [-0.3, -0.25) is 0 Å². The number of hydrogen-bond acceptors (Lipinski definition) is 1. The van der Waals surface area contributed by atoms with Gasteiger partial charge in [-0.2, -0.15) is 0 Å². The Morgan fingerprint density at radius 3 is 2.27 bits per heavy atom. The summed E-state index contributed by atoms with van der Waals surface area (Å²) in [5, 5.41) is 8.93. The first kappa shape index (κ1) is 9.01. The summed E-state index contributed by atoms with van der Waals surface area (Å²) in [4.78, 5) is 0. The minimum atomic E-state index is 0.393. The topological polar surface area (TPSA) is 20.2 Å². The first-order valence-electron chi connectivity index (χ1n) is 4.64. The molecule has 0 spiro atoms. The highest BCUT2D eigenvalue weighted by Gasteiger charge is 2.27. The predicted octanol–water partition coefficient (Wildman–Crippen LogP) is 0.855. The molecule has 1 heterocycles. The molecule has 0 atom stereocenters. The van der Waals surface area contributed by atoms with Gasteiger partial charge < -0.3 is 9.59 Å². The van der Waals surface area contributed by atoms with Gasteiger partial charge in [0.05, 0.1) is 26.7 Å². The maximum Gasteiger partial charge on any atom is 0.0788 e. The normalized spacial score (nSPS) is 39.0. The highest BCUT2D eigenvalue weighted by Crippen LogP contribution is 2.20. The van der Waals surface area contributed by atoms with E-state index in [0.29, 0.717) is 12.5 Å². The Labute approximate surface area is 69.4 Å². The Hall–Kier alpha value is -0.0800. The van der Waals surface area contributed by atoms with Crippen LogP contribution in [0.5, 0.6) is 0 Å². The van der Waals surface area contributed by atoms with Crippen molar-refractivity contribution in [1.29, 1.82) is 0 Å². The van der Waals surface area contributed by atoms with Crippen LogP contribution >= 0.6 is 0 Å². The van der Waals surface area contributed by atoms with Crippen molar-refractivity contribution in [3.05, 3.63) is 0 Å². The molecule has 1 saturated heterocycles. The molecule has 0 amide bonds. The Balaban J connectivity index is 2.35. The van der Waals surface area contributed by atoms with Gasteiger partial charge in [-0.1, -0.05) is 0 Å². The van der Waals surface area contributed by atoms with Crippen LogP contribution in [0.1, 0.15) is 19.8 Å².